The molecule has 0 aromatic heterocycles. The van der Waals surface area contributed by atoms with Gasteiger partial charge in [-0.2, -0.15) is 0 Å². The zero-order valence-electron chi connectivity index (χ0n) is 11.1. The normalized spacial score (nSPS) is 14.1. The monoisotopic (exact) mass is 265 g/mol. The topological polar surface area (TPSA) is 77.8 Å². The summed E-state index contributed by atoms with van der Waals surface area (Å²) in [6.07, 6.45) is 0. The maximum Gasteiger partial charge on any atom is 0.320 e. The molecule has 0 spiro atoms. The van der Waals surface area contributed by atoms with Crippen molar-refractivity contribution < 1.29 is 19.8 Å². The Hall–Kier alpha value is -1.88. The zero-order valence-corrected chi connectivity index (χ0v) is 11.1. The van der Waals surface area contributed by atoms with Crippen molar-refractivity contribution in [3.63, 3.8) is 0 Å². The Morgan fingerprint density at radius 2 is 1.68 bits per heavy atom. The molecule has 0 fully saturated rings. The second-order valence-corrected chi connectivity index (χ2v) is 4.67. The number of hydrogen-bond acceptors (Lipinski definition) is 3. The van der Waals surface area contributed by atoms with E-state index in [1.807, 2.05) is 30.3 Å². The van der Waals surface area contributed by atoms with Gasteiger partial charge in [0.1, 0.15) is 6.04 Å². The average Bonchev–Trinajstić information content (AvgIpc) is 2.37. The minimum Gasteiger partial charge on any atom is -0.481 e. The van der Waals surface area contributed by atoms with E-state index in [1.165, 1.54) is 0 Å². The van der Waals surface area contributed by atoms with Crippen molar-refractivity contribution in [2.24, 2.45) is 5.92 Å². The number of hydrogen-bond donors (Lipinski definition) is 2. The van der Waals surface area contributed by atoms with Crippen molar-refractivity contribution in [3.8, 4) is 0 Å². The van der Waals surface area contributed by atoms with Crippen LogP contribution in [0.25, 0.3) is 0 Å². The van der Waals surface area contributed by atoms with E-state index in [4.69, 9.17) is 10.2 Å². The SMILES string of the molecule is CC(CN(Cc1ccccc1)C(C)C(=O)O)C(=O)O. The molecule has 0 aliphatic heterocycles. The average molecular weight is 265 g/mol. The van der Waals surface area contributed by atoms with Crippen LogP contribution in [0.1, 0.15) is 19.4 Å². The van der Waals surface area contributed by atoms with Gasteiger partial charge in [-0.1, -0.05) is 37.3 Å². The van der Waals surface area contributed by atoms with Crippen molar-refractivity contribution in [2.75, 3.05) is 6.54 Å². The fraction of sp³-hybridized carbons (Fsp3) is 0.429. The molecule has 1 rings (SSSR count). The smallest absolute Gasteiger partial charge is 0.320 e. The second-order valence-electron chi connectivity index (χ2n) is 4.67. The van der Waals surface area contributed by atoms with Gasteiger partial charge in [0.05, 0.1) is 5.92 Å². The lowest BCUT2D eigenvalue weighted by molar-refractivity contribution is -0.147. The Morgan fingerprint density at radius 1 is 1.11 bits per heavy atom. The van der Waals surface area contributed by atoms with Crippen LogP contribution >= 0.6 is 0 Å². The summed E-state index contributed by atoms with van der Waals surface area (Å²) < 4.78 is 0. The lowest BCUT2D eigenvalue weighted by Crippen LogP contribution is -2.42. The highest BCUT2D eigenvalue weighted by molar-refractivity contribution is 5.73. The molecule has 0 bridgehead atoms. The van der Waals surface area contributed by atoms with E-state index in [1.54, 1.807) is 18.7 Å². The van der Waals surface area contributed by atoms with Crippen LogP contribution in [-0.2, 0) is 16.1 Å². The van der Waals surface area contributed by atoms with Gasteiger partial charge >= 0.3 is 11.9 Å². The van der Waals surface area contributed by atoms with Gasteiger partial charge in [-0.15, -0.1) is 0 Å². The number of carbonyl (C=O) groups is 2. The number of carboxylic acids is 2. The lowest BCUT2D eigenvalue weighted by atomic mass is 10.1. The predicted octanol–water partition coefficient (Wildman–Crippen LogP) is 1.68. The summed E-state index contributed by atoms with van der Waals surface area (Å²) in [5.74, 6) is -2.48. The number of rotatable bonds is 7. The molecule has 1 aromatic rings. The van der Waals surface area contributed by atoms with Crippen LogP contribution in [-0.4, -0.2) is 39.6 Å². The fourth-order valence-corrected chi connectivity index (χ4v) is 1.76. The molecule has 0 saturated carbocycles. The van der Waals surface area contributed by atoms with Crippen LogP contribution in [0.4, 0.5) is 0 Å². The minimum atomic E-state index is -0.950. The molecule has 0 aliphatic carbocycles. The maximum atomic E-state index is 11.1. The number of aliphatic carboxylic acids is 2. The Bertz CT molecular complexity index is 432. The fourth-order valence-electron chi connectivity index (χ4n) is 1.76. The quantitative estimate of drug-likeness (QED) is 0.784. The van der Waals surface area contributed by atoms with Crippen molar-refractivity contribution in [2.45, 2.75) is 26.4 Å². The lowest BCUT2D eigenvalue weighted by Gasteiger charge is -2.27. The molecule has 104 valence electrons. The first-order chi connectivity index (χ1) is 8.91. The third kappa shape index (κ3) is 4.71. The molecule has 0 amide bonds. The third-order valence-electron chi connectivity index (χ3n) is 3.06. The summed E-state index contributed by atoms with van der Waals surface area (Å²) >= 11 is 0. The highest BCUT2D eigenvalue weighted by atomic mass is 16.4. The first kappa shape index (κ1) is 15.2. The van der Waals surface area contributed by atoms with Gasteiger partial charge in [-0.3, -0.25) is 14.5 Å². The first-order valence-corrected chi connectivity index (χ1v) is 6.15. The van der Waals surface area contributed by atoms with Gasteiger partial charge in [-0.05, 0) is 12.5 Å². The molecule has 2 unspecified atom stereocenters. The van der Waals surface area contributed by atoms with Gasteiger partial charge in [0.15, 0.2) is 0 Å². The zero-order chi connectivity index (χ0) is 14.4. The molecule has 2 N–H and O–H groups in total. The molecule has 0 saturated heterocycles. The number of carboxylic acid groups (broad SMARTS) is 2. The van der Waals surface area contributed by atoms with Gasteiger partial charge in [-0.25, -0.2) is 0 Å². The van der Waals surface area contributed by atoms with Crippen LogP contribution in [0.5, 0.6) is 0 Å². The van der Waals surface area contributed by atoms with Crippen molar-refractivity contribution >= 4 is 11.9 Å². The molecule has 19 heavy (non-hydrogen) atoms. The van der Waals surface area contributed by atoms with Crippen LogP contribution in [0, 0.1) is 5.92 Å². The molecule has 0 aliphatic rings. The predicted molar refractivity (Wildman–Crippen MR) is 70.7 cm³/mol. The van der Waals surface area contributed by atoms with Crippen LogP contribution in [0.15, 0.2) is 30.3 Å². The first-order valence-electron chi connectivity index (χ1n) is 6.15. The number of benzene rings is 1. The Morgan fingerprint density at radius 3 is 2.16 bits per heavy atom. The highest BCUT2D eigenvalue weighted by Crippen LogP contribution is 2.11. The maximum absolute atomic E-state index is 11.1. The molecule has 0 heterocycles. The molecular formula is C14H19NO4. The van der Waals surface area contributed by atoms with Crippen molar-refractivity contribution in [1.29, 1.82) is 0 Å². The van der Waals surface area contributed by atoms with Crippen LogP contribution in [0.3, 0.4) is 0 Å². The van der Waals surface area contributed by atoms with Gasteiger partial charge in [0, 0.05) is 13.1 Å². The van der Waals surface area contributed by atoms with E-state index in [2.05, 4.69) is 0 Å². The van der Waals surface area contributed by atoms with E-state index < -0.39 is 23.9 Å². The summed E-state index contributed by atoms with van der Waals surface area (Å²) in [4.78, 5) is 23.7. The Balaban J connectivity index is 2.80. The summed E-state index contributed by atoms with van der Waals surface area (Å²) in [6.45, 7) is 3.78. The molecule has 1 aromatic carbocycles. The van der Waals surface area contributed by atoms with Crippen molar-refractivity contribution in [1.82, 2.24) is 4.90 Å². The van der Waals surface area contributed by atoms with E-state index in [0.717, 1.165) is 5.56 Å². The summed E-state index contributed by atoms with van der Waals surface area (Å²) in [7, 11) is 0. The number of nitrogens with zero attached hydrogens (tertiary/aromatic N) is 1. The molecule has 5 nitrogen and oxygen atoms in total. The highest BCUT2D eigenvalue weighted by Gasteiger charge is 2.24. The van der Waals surface area contributed by atoms with Gasteiger partial charge in [0.25, 0.3) is 0 Å². The molecule has 2 atom stereocenters. The van der Waals surface area contributed by atoms with Crippen molar-refractivity contribution in [3.05, 3.63) is 35.9 Å². The minimum absolute atomic E-state index is 0.206. The van der Waals surface area contributed by atoms with E-state index in [9.17, 15) is 9.59 Å². The second kappa shape index (κ2) is 6.89. The standard InChI is InChI=1S/C14H19NO4/c1-10(13(16)17)8-15(11(2)14(18)19)9-12-6-4-3-5-7-12/h3-7,10-11H,8-9H2,1-2H3,(H,16,17)(H,18,19). The summed E-state index contributed by atoms with van der Waals surface area (Å²) in [6, 6.07) is 8.70. The molecular weight excluding hydrogens is 246 g/mol. The van der Waals surface area contributed by atoms with E-state index in [-0.39, 0.29) is 6.54 Å². The summed E-state index contributed by atoms with van der Waals surface area (Å²) in [5, 5.41) is 18.0. The van der Waals surface area contributed by atoms with Crippen LogP contribution in [0.2, 0.25) is 0 Å². The Kier molecular flexibility index (Phi) is 5.51. The molecule has 5 heteroatoms. The third-order valence-corrected chi connectivity index (χ3v) is 3.06. The van der Waals surface area contributed by atoms with Gasteiger partial charge < -0.3 is 10.2 Å². The van der Waals surface area contributed by atoms with Gasteiger partial charge in [0.2, 0.25) is 0 Å². The Labute approximate surface area is 112 Å². The molecule has 0 radical (unpaired) electrons. The summed E-state index contributed by atoms with van der Waals surface area (Å²) in [5.41, 5.74) is 0.966. The largest absolute Gasteiger partial charge is 0.481 e. The van der Waals surface area contributed by atoms with E-state index in [0.29, 0.717) is 6.54 Å². The van der Waals surface area contributed by atoms with E-state index >= 15 is 0 Å². The van der Waals surface area contributed by atoms with Crippen LogP contribution < -0.4 is 0 Å².